The van der Waals surface area contributed by atoms with Crippen molar-refractivity contribution in [1.29, 1.82) is 0 Å². The Morgan fingerprint density at radius 1 is 1.00 bits per heavy atom. The van der Waals surface area contributed by atoms with E-state index in [1.165, 1.54) is 6.42 Å². The lowest BCUT2D eigenvalue weighted by Crippen LogP contribution is -2.01. The fourth-order valence-corrected chi connectivity index (χ4v) is 0.838. The molecule has 0 aliphatic rings. The third-order valence-corrected chi connectivity index (χ3v) is 2.17. The highest BCUT2D eigenvalue weighted by Gasteiger charge is 2.03. The summed E-state index contributed by atoms with van der Waals surface area (Å²) in [4.78, 5) is 0. The van der Waals surface area contributed by atoms with Gasteiger partial charge in [0.15, 0.2) is 0 Å². The van der Waals surface area contributed by atoms with Gasteiger partial charge < -0.3 is 0 Å². The van der Waals surface area contributed by atoms with Crippen molar-refractivity contribution in [1.82, 2.24) is 0 Å². The highest BCUT2D eigenvalue weighted by atomic mass is 14.1. The average Bonchev–Trinajstić information content (AvgIpc) is 1.86. The lowest BCUT2D eigenvalue weighted by atomic mass is 9.94. The standard InChI is InChI=1S/C11H22/c1-9(2)7-6-8-11(5)10(3)4/h6-7,9-11H,8H2,1-5H3/b7-6+/t11-/m1/s1. The predicted octanol–water partition coefficient (Wildman–Crippen LogP) is 3.88. The summed E-state index contributed by atoms with van der Waals surface area (Å²) in [6, 6.07) is 0. The van der Waals surface area contributed by atoms with Gasteiger partial charge in [-0.1, -0.05) is 46.8 Å². The SMILES string of the molecule is CC(C)/C=C/C[C@@H](C)C(C)C. The molecule has 0 aromatic rings. The van der Waals surface area contributed by atoms with Crippen molar-refractivity contribution < 1.29 is 0 Å². The van der Waals surface area contributed by atoms with Gasteiger partial charge in [-0.25, -0.2) is 0 Å². The predicted molar refractivity (Wildman–Crippen MR) is 52.6 cm³/mol. The van der Waals surface area contributed by atoms with Gasteiger partial charge in [0.25, 0.3) is 0 Å². The van der Waals surface area contributed by atoms with Crippen molar-refractivity contribution in [3.63, 3.8) is 0 Å². The zero-order valence-corrected chi connectivity index (χ0v) is 8.59. The summed E-state index contributed by atoms with van der Waals surface area (Å²) in [6.07, 6.45) is 5.84. The van der Waals surface area contributed by atoms with E-state index >= 15 is 0 Å². The minimum Gasteiger partial charge on any atom is -0.0880 e. The molecule has 0 rings (SSSR count). The highest BCUT2D eigenvalue weighted by molar-refractivity contribution is 4.86. The van der Waals surface area contributed by atoms with Crippen molar-refractivity contribution in [2.24, 2.45) is 17.8 Å². The molecule has 0 spiro atoms. The topological polar surface area (TPSA) is 0 Å². The molecule has 0 unspecified atom stereocenters. The van der Waals surface area contributed by atoms with Gasteiger partial charge in [0.05, 0.1) is 0 Å². The molecular formula is C11H22. The third-order valence-electron chi connectivity index (χ3n) is 2.17. The van der Waals surface area contributed by atoms with Gasteiger partial charge in [0, 0.05) is 0 Å². The minimum absolute atomic E-state index is 0.703. The van der Waals surface area contributed by atoms with Gasteiger partial charge in [-0.3, -0.25) is 0 Å². The zero-order valence-electron chi connectivity index (χ0n) is 8.59. The normalized spacial score (nSPS) is 15.2. The summed E-state index contributed by atoms with van der Waals surface area (Å²) in [7, 11) is 0. The maximum Gasteiger partial charge on any atom is -0.0290 e. The molecule has 0 bridgehead atoms. The first kappa shape index (κ1) is 10.7. The van der Waals surface area contributed by atoms with Gasteiger partial charge in [-0.05, 0) is 24.2 Å². The highest BCUT2D eigenvalue weighted by Crippen LogP contribution is 2.14. The molecule has 0 aliphatic carbocycles. The van der Waals surface area contributed by atoms with Crippen LogP contribution in [0, 0.1) is 17.8 Å². The van der Waals surface area contributed by atoms with Gasteiger partial charge in [0.1, 0.15) is 0 Å². The Morgan fingerprint density at radius 3 is 1.91 bits per heavy atom. The lowest BCUT2D eigenvalue weighted by molar-refractivity contribution is 0.423. The maximum atomic E-state index is 2.31. The van der Waals surface area contributed by atoms with Gasteiger partial charge >= 0.3 is 0 Å². The largest absolute Gasteiger partial charge is 0.0880 e. The number of hydrogen-bond acceptors (Lipinski definition) is 0. The third kappa shape index (κ3) is 6.15. The molecule has 1 atom stereocenters. The second-order valence-electron chi connectivity index (χ2n) is 4.13. The Morgan fingerprint density at radius 2 is 1.55 bits per heavy atom. The van der Waals surface area contributed by atoms with Crippen LogP contribution in [0.25, 0.3) is 0 Å². The van der Waals surface area contributed by atoms with E-state index in [2.05, 4.69) is 46.8 Å². The van der Waals surface area contributed by atoms with Crippen molar-refractivity contribution in [2.45, 2.75) is 41.0 Å². The quantitative estimate of drug-likeness (QED) is 0.539. The van der Waals surface area contributed by atoms with E-state index in [9.17, 15) is 0 Å². The van der Waals surface area contributed by atoms with Crippen LogP contribution in [-0.2, 0) is 0 Å². The first-order valence-electron chi connectivity index (χ1n) is 4.70. The second kappa shape index (κ2) is 5.40. The van der Waals surface area contributed by atoms with E-state index < -0.39 is 0 Å². The van der Waals surface area contributed by atoms with E-state index in [1.54, 1.807) is 0 Å². The molecule has 0 saturated carbocycles. The summed E-state index contributed by atoms with van der Waals surface area (Å²) < 4.78 is 0. The molecule has 0 aromatic heterocycles. The zero-order chi connectivity index (χ0) is 8.85. The summed E-state index contributed by atoms with van der Waals surface area (Å²) in [5.41, 5.74) is 0. The van der Waals surface area contributed by atoms with Crippen molar-refractivity contribution in [3.05, 3.63) is 12.2 Å². The van der Waals surface area contributed by atoms with Crippen LogP contribution in [0.2, 0.25) is 0 Å². The molecule has 0 N–H and O–H groups in total. The molecule has 0 heteroatoms. The molecule has 0 heterocycles. The van der Waals surface area contributed by atoms with E-state index in [-0.39, 0.29) is 0 Å². The fraction of sp³-hybridized carbons (Fsp3) is 0.818. The molecule has 0 aliphatic heterocycles. The van der Waals surface area contributed by atoms with Crippen LogP contribution in [0.4, 0.5) is 0 Å². The van der Waals surface area contributed by atoms with E-state index in [1.807, 2.05) is 0 Å². The number of allylic oxidation sites excluding steroid dienone is 2. The average molecular weight is 154 g/mol. The van der Waals surface area contributed by atoms with Crippen molar-refractivity contribution in [2.75, 3.05) is 0 Å². The summed E-state index contributed by atoms with van der Waals surface area (Å²) in [5.74, 6) is 2.34. The first-order valence-corrected chi connectivity index (χ1v) is 4.70. The monoisotopic (exact) mass is 154 g/mol. The smallest absolute Gasteiger partial charge is 0.0290 e. The van der Waals surface area contributed by atoms with Gasteiger partial charge in [-0.2, -0.15) is 0 Å². The van der Waals surface area contributed by atoms with Crippen LogP contribution in [0.5, 0.6) is 0 Å². The molecule has 66 valence electrons. The molecule has 11 heavy (non-hydrogen) atoms. The molecule has 0 fully saturated rings. The fourth-order valence-electron chi connectivity index (χ4n) is 0.838. The maximum absolute atomic E-state index is 2.31. The van der Waals surface area contributed by atoms with Crippen LogP contribution >= 0.6 is 0 Å². The van der Waals surface area contributed by atoms with Crippen molar-refractivity contribution >= 4 is 0 Å². The number of rotatable bonds is 4. The molecule has 0 nitrogen and oxygen atoms in total. The Bertz CT molecular complexity index is 109. The molecule has 0 aromatic carbocycles. The Labute approximate surface area is 71.7 Å². The van der Waals surface area contributed by atoms with Gasteiger partial charge in [0.2, 0.25) is 0 Å². The Balaban J connectivity index is 3.53. The number of hydrogen-bond donors (Lipinski definition) is 0. The Kier molecular flexibility index (Phi) is 5.27. The van der Waals surface area contributed by atoms with Crippen LogP contribution in [0.3, 0.4) is 0 Å². The van der Waals surface area contributed by atoms with Crippen LogP contribution in [0.15, 0.2) is 12.2 Å². The molecular weight excluding hydrogens is 132 g/mol. The van der Waals surface area contributed by atoms with Gasteiger partial charge in [-0.15, -0.1) is 0 Å². The second-order valence-corrected chi connectivity index (χ2v) is 4.13. The van der Waals surface area contributed by atoms with Crippen molar-refractivity contribution in [3.8, 4) is 0 Å². The molecule has 0 saturated heterocycles. The lowest BCUT2D eigenvalue weighted by Gasteiger charge is -2.12. The van der Waals surface area contributed by atoms with E-state index in [0.717, 1.165) is 11.8 Å². The molecule has 0 radical (unpaired) electrons. The summed E-state index contributed by atoms with van der Waals surface area (Å²) in [6.45, 7) is 11.3. The van der Waals surface area contributed by atoms with Crippen LogP contribution in [0.1, 0.15) is 41.0 Å². The van der Waals surface area contributed by atoms with E-state index in [4.69, 9.17) is 0 Å². The summed E-state index contributed by atoms with van der Waals surface area (Å²) >= 11 is 0. The minimum atomic E-state index is 0.703. The summed E-state index contributed by atoms with van der Waals surface area (Å²) in [5, 5.41) is 0. The van der Waals surface area contributed by atoms with Crippen LogP contribution < -0.4 is 0 Å². The van der Waals surface area contributed by atoms with E-state index in [0.29, 0.717) is 5.92 Å². The first-order chi connectivity index (χ1) is 5.04. The Hall–Kier alpha value is -0.260. The van der Waals surface area contributed by atoms with Crippen LogP contribution in [-0.4, -0.2) is 0 Å². The molecule has 0 amide bonds.